The molecule has 2 saturated heterocycles. The molecule has 0 amide bonds. The molecule has 20 heavy (non-hydrogen) atoms. The molecule has 0 aliphatic carbocycles. The number of hydrogen-bond donors (Lipinski definition) is 1. The minimum Gasteiger partial charge on any atom is -0.330 e. The molecule has 0 unspecified atom stereocenters. The Hall–Kier alpha value is -0.120. The topological polar surface area (TPSA) is 32.5 Å². The maximum absolute atomic E-state index is 5.81. The zero-order valence-corrected chi connectivity index (χ0v) is 13.7. The fourth-order valence-corrected chi connectivity index (χ4v) is 3.67. The van der Waals surface area contributed by atoms with E-state index in [9.17, 15) is 0 Å². The number of rotatable bonds is 6. The van der Waals surface area contributed by atoms with E-state index in [4.69, 9.17) is 5.73 Å². The van der Waals surface area contributed by atoms with E-state index < -0.39 is 0 Å². The third kappa shape index (κ3) is 5.01. The Morgan fingerprint density at radius 2 is 1.65 bits per heavy atom. The van der Waals surface area contributed by atoms with Gasteiger partial charge in [-0.2, -0.15) is 0 Å². The molecule has 0 radical (unpaired) electrons. The molecule has 0 atom stereocenters. The third-order valence-electron chi connectivity index (χ3n) is 5.34. The molecule has 0 aromatic carbocycles. The Morgan fingerprint density at radius 1 is 1.00 bits per heavy atom. The summed E-state index contributed by atoms with van der Waals surface area (Å²) < 4.78 is 0. The van der Waals surface area contributed by atoms with Crippen molar-refractivity contribution in [3.63, 3.8) is 0 Å². The molecule has 2 fully saturated rings. The molecular weight excluding hydrogens is 246 g/mol. The molecule has 0 aromatic rings. The van der Waals surface area contributed by atoms with Crippen molar-refractivity contribution in [3.05, 3.63) is 0 Å². The number of nitrogens with zero attached hydrogens (tertiary/aromatic N) is 2. The van der Waals surface area contributed by atoms with Crippen LogP contribution in [0.3, 0.4) is 0 Å². The van der Waals surface area contributed by atoms with Gasteiger partial charge in [-0.1, -0.05) is 20.3 Å². The average molecular weight is 281 g/mol. The Kier molecular flexibility index (Phi) is 6.31. The Balaban J connectivity index is 1.61. The lowest BCUT2D eigenvalue weighted by Gasteiger charge is -2.40. The SMILES string of the molecule is CC(C)(CN)CCCN1CCC(N2CCCCC2)CC1. The van der Waals surface area contributed by atoms with Crippen LogP contribution in [0.4, 0.5) is 0 Å². The van der Waals surface area contributed by atoms with Crippen molar-refractivity contribution in [2.45, 2.75) is 64.8 Å². The second-order valence-electron chi connectivity index (χ2n) is 7.64. The molecule has 2 aliphatic heterocycles. The maximum atomic E-state index is 5.81. The first-order valence-corrected chi connectivity index (χ1v) is 8.77. The normalized spacial score (nSPS) is 24.1. The van der Waals surface area contributed by atoms with Gasteiger partial charge in [-0.25, -0.2) is 0 Å². The Bertz CT molecular complexity index is 263. The molecule has 3 nitrogen and oxygen atoms in total. The van der Waals surface area contributed by atoms with E-state index in [1.807, 2.05) is 0 Å². The van der Waals surface area contributed by atoms with Crippen LogP contribution in [0.5, 0.6) is 0 Å². The van der Waals surface area contributed by atoms with Gasteiger partial charge in [0.25, 0.3) is 0 Å². The zero-order valence-electron chi connectivity index (χ0n) is 13.7. The molecule has 118 valence electrons. The van der Waals surface area contributed by atoms with E-state index in [0.717, 1.165) is 12.6 Å². The van der Waals surface area contributed by atoms with Gasteiger partial charge in [0.2, 0.25) is 0 Å². The Morgan fingerprint density at radius 3 is 2.25 bits per heavy atom. The van der Waals surface area contributed by atoms with E-state index in [2.05, 4.69) is 23.6 Å². The van der Waals surface area contributed by atoms with Crippen molar-refractivity contribution in [2.75, 3.05) is 39.3 Å². The van der Waals surface area contributed by atoms with Crippen LogP contribution in [0.1, 0.15) is 58.8 Å². The highest BCUT2D eigenvalue weighted by molar-refractivity contribution is 4.81. The summed E-state index contributed by atoms with van der Waals surface area (Å²) in [6.45, 7) is 12.0. The zero-order chi connectivity index (χ0) is 14.4. The van der Waals surface area contributed by atoms with Crippen LogP contribution >= 0.6 is 0 Å². The molecule has 0 aromatic heterocycles. The van der Waals surface area contributed by atoms with Crippen molar-refractivity contribution in [1.82, 2.24) is 9.80 Å². The van der Waals surface area contributed by atoms with Crippen molar-refractivity contribution in [2.24, 2.45) is 11.1 Å². The monoisotopic (exact) mass is 281 g/mol. The number of likely N-dealkylation sites (tertiary alicyclic amines) is 2. The van der Waals surface area contributed by atoms with E-state index in [-0.39, 0.29) is 0 Å². The van der Waals surface area contributed by atoms with Crippen LogP contribution in [-0.4, -0.2) is 55.1 Å². The largest absolute Gasteiger partial charge is 0.330 e. The molecule has 2 aliphatic rings. The molecule has 2 rings (SSSR count). The van der Waals surface area contributed by atoms with Crippen LogP contribution in [0.25, 0.3) is 0 Å². The predicted octanol–water partition coefficient (Wildman–Crippen LogP) is 2.70. The van der Waals surface area contributed by atoms with Gasteiger partial charge in [0.1, 0.15) is 0 Å². The number of piperidine rings is 2. The molecule has 2 heterocycles. The molecule has 0 bridgehead atoms. The van der Waals surface area contributed by atoms with Crippen LogP contribution in [0.2, 0.25) is 0 Å². The Labute approximate surface area is 125 Å². The van der Waals surface area contributed by atoms with Gasteiger partial charge in [-0.15, -0.1) is 0 Å². The van der Waals surface area contributed by atoms with Gasteiger partial charge in [0.05, 0.1) is 0 Å². The summed E-state index contributed by atoms with van der Waals surface area (Å²) in [6, 6.07) is 0.882. The third-order valence-corrected chi connectivity index (χ3v) is 5.34. The van der Waals surface area contributed by atoms with Gasteiger partial charge < -0.3 is 15.5 Å². The van der Waals surface area contributed by atoms with E-state index >= 15 is 0 Å². The summed E-state index contributed by atoms with van der Waals surface area (Å²) in [6.07, 6.45) is 9.64. The molecule has 0 spiro atoms. The highest BCUT2D eigenvalue weighted by Crippen LogP contribution is 2.23. The standard InChI is InChI=1S/C17H35N3/c1-17(2,15-18)9-6-10-19-13-7-16(8-14-19)20-11-4-3-5-12-20/h16H,3-15,18H2,1-2H3. The summed E-state index contributed by atoms with van der Waals surface area (Å²) >= 11 is 0. The lowest BCUT2D eigenvalue weighted by molar-refractivity contribution is 0.0904. The first-order valence-electron chi connectivity index (χ1n) is 8.77. The number of hydrogen-bond acceptors (Lipinski definition) is 3. The molecule has 2 N–H and O–H groups in total. The van der Waals surface area contributed by atoms with Gasteiger partial charge in [0, 0.05) is 6.04 Å². The predicted molar refractivity (Wildman–Crippen MR) is 87.0 cm³/mol. The lowest BCUT2D eigenvalue weighted by atomic mass is 9.88. The van der Waals surface area contributed by atoms with E-state index in [1.165, 1.54) is 77.7 Å². The summed E-state index contributed by atoms with van der Waals surface area (Å²) in [5.41, 5.74) is 6.13. The van der Waals surface area contributed by atoms with Crippen LogP contribution in [0, 0.1) is 5.41 Å². The van der Waals surface area contributed by atoms with E-state index in [1.54, 1.807) is 0 Å². The summed E-state index contributed by atoms with van der Waals surface area (Å²) in [5.74, 6) is 0. The van der Waals surface area contributed by atoms with Gasteiger partial charge >= 0.3 is 0 Å². The van der Waals surface area contributed by atoms with Crippen molar-refractivity contribution in [3.8, 4) is 0 Å². The molecular formula is C17H35N3. The highest BCUT2D eigenvalue weighted by atomic mass is 15.2. The van der Waals surface area contributed by atoms with Crippen molar-refractivity contribution < 1.29 is 0 Å². The van der Waals surface area contributed by atoms with Gasteiger partial charge in [-0.3, -0.25) is 0 Å². The second kappa shape index (κ2) is 7.77. The summed E-state index contributed by atoms with van der Waals surface area (Å²) in [4.78, 5) is 5.44. The molecule has 3 heteroatoms. The molecule has 0 saturated carbocycles. The van der Waals surface area contributed by atoms with Crippen LogP contribution < -0.4 is 5.73 Å². The lowest BCUT2D eigenvalue weighted by Crippen LogP contribution is -2.46. The maximum Gasteiger partial charge on any atom is 0.0120 e. The fourth-order valence-electron chi connectivity index (χ4n) is 3.67. The van der Waals surface area contributed by atoms with E-state index in [0.29, 0.717) is 5.41 Å². The van der Waals surface area contributed by atoms with Gasteiger partial charge in [0.15, 0.2) is 0 Å². The first kappa shape index (κ1) is 16.3. The van der Waals surface area contributed by atoms with Gasteiger partial charge in [-0.05, 0) is 83.2 Å². The minimum absolute atomic E-state index is 0.326. The summed E-state index contributed by atoms with van der Waals surface area (Å²) in [7, 11) is 0. The van der Waals surface area contributed by atoms with Crippen molar-refractivity contribution >= 4 is 0 Å². The average Bonchev–Trinajstić information content (AvgIpc) is 2.49. The smallest absolute Gasteiger partial charge is 0.0120 e. The number of nitrogens with two attached hydrogens (primary N) is 1. The highest BCUT2D eigenvalue weighted by Gasteiger charge is 2.25. The van der Waals surface area contributed by atoms with Crippen molar-refractivity contribution in [1.29, 1.82) is 0 Å². The second-order valence-corrected chi connectivity index (χ2v) is 7.64. The fraction of sp³-hybridized carbons (Fsp3) is 1.00. The van der Waals surface area contributed by atoms with Crippen LogP contribution in [-0.2, 0) is 0 Å². The quantitative estimate of drug-likeness (QED) is 0.812. The minimum atomic E-state index is 0.326. The summed E-state index contributed by atoms with van der Waals surface area (Å²) in [5, 5.41) is 0. The van der Waals surface area contributed by atoms with Crippen LogP contribution in [0.15, 0.2) is 0 Å². The first-order chi connectivity index (χ1) is 9.61.